The summed E-state index contributed by atoms with van der Waals surface area (Å²) in [5.74, 6) is -1.43. The lowest BCUT2D eigenvalue weighted by molar-refractivity contribution is -0.155. The van der Waals surface area contributed by atoms with Crippen molar-refractivity contribution in [3.05, 3.63) is 58.2 Å². The fourth-order valence-electron chi connectivity index (χ4n) is 10.1. The average molecular weight is 938 g/mol. The average Bonchev–Trinajstić information content (AvgIpc) is 3.72. The highest BCUT2D eigenvalue weighted by Gasteiger charge is 2.42. The molecule has 1 unspecified atom stereocenters. The monoisotopic (exact) mass is 937 g/mol. The first-order valence-electron chi connectivity index (χ1n) is 23.9. The summed E-state index contributed by atoms with van der Waals surface area (Å²) in [4.78, 5) is 84.9. The molecule has 0 radical (unpaired) electrons. The molecule has 6 bridgehead atoms. The highest BCUT2D eigenvalue weighted by Crippen LogP contribution is 2.42. The summed E-state index contributed by atoms with van der Waals surface area (Å²) >= 11 is 1.41. The second kappa shape index (κ2) is 19.7. The minimum absolute atomic E-state index is 0.0830. The summed E-state index contributed by atoms with van der Waals surface area (Å²) in [6.07, 6.45) is 5.70. The van der Waals surface area contributed by atoms with Crippen LogP contribution in [0.2, 0.25) is 0 Å². The number of likely N-dealkylation sites (N-methyl/N-ethyl adjacent to an activating group) is 2. The highest BCUT2D eigenvalue weighted by atomic mass is 32.1. The third kappa shape index (κ3) is 9.96. The van der Waals surface area contributed by atoms with Crippen LogP contribution in [-0.4, -0.2) is 136 Å². The predicted octanol–water partition coefficient (Wildman–Crippen LogP) is 6.22. The second-order valence-corrected chi connectivity index (χ2v) is 20.9. The number of carbonyl (C=O) groups excluding carboxylic acids is 5. The van der Waals surface area contributed by atoms with E-state index in [0.717, 1.165) is 57.5 Å². The molecule has 6 heterocycles. The summed E-state index contributed by atoms with van der Waals surface area (Å²) in [7, 11) is 5.12. The van der Waals surface area contributed by atoms with Gasteiger partial charge in [0.15, 0.2) is 0 Å². The molecule has 5 atom stereocenters. The minimum atomic E-state index is -1.08. The van der Waals surface area contributed by atoms with Gasteiger partial charge in [-0.25, -0.2) is 15.2 Å². The number of hydrogen-bond acceptors (Lipinski definition) is 11. The fraction of sp³-hybridized carbons (Fsp3) is 0.580. The number of ether oxygens (including phenoxy) is 2. The van der Waals surface area contributed by atoms with Gasteiger partial charge in [0.2, 0.25) is 11.8 Å². The Bertz CT molecular complexity index is 2510. The van der Waals surface area contributed by atoms with Crippen molar-refractivity contribution in [3.8, 4) is 22.5 Å². The number of methoxy groups -OCH3 is 1. The van der Waals surface area contributed by atoms with Crippen LogP contribution in [0.1, 0.15) is 96.0 Å². The van der Waals surface area contributed by atoms with Crippen LogP contribution in [0.5, 0.6) is 0 Å². The van der Waals surface area contributed by atoms with Crippen LogP contribution in [0, 0.1) is 17.3 Å². The molecule has 2 N–H and O–H groups in total. The predicted molar refractivity (Wildman–Crippen MR) is 257 cm³/mol. The standard InChI is InChI=1S/C50H67N9O7S/c1-10-58-40-18-17-32-23-35(40)36(44(58)34-13-11-20-51-42(34)30(4)65-9)25-50(5,6)28-66-48(63)37-14-12-21-59(54-37)47(62)38(24-41-52-39(32)27-67-41)53-45(60)43(29(2)3)56(8)49(64)57-22-19-33(26-57)55(7)46(61)31-15-16-31/h11,13,17-18,20,23,27,29-31,33,37-38,43,54H,10,12,14-16,19,21-22,24-26,28H2,1-9H3,(H,53,60)/t30-,33+,37-,38-,43?/m0/s1. The lowest BCUT2D eigenvalue weighted by atomic mass is 9.84. The van der Waals surface area contributed by atoms with E-state index in [9.17, 15) is 24.0 Å². The summed E-state index contributed by atoms with van der Waals surface area (Å²) in [6, 6.07) is 7.27. The van der Waals surface area contributed by atoms with Crippen LogP contribution in [-0.2, 0) is 48.0 Å². The lowest BCUT2D eigenvalue weighted by Crippen LogP contribution is -2.62. The number of urea groups is 1. The number of hydrogen-bond donors (Lipinski definition) is 2. The van der Waals surface area contributed by atoms with Crippen molar-refractivity contribution < 1.29 is 33.4 Å². The Hall–Kier alpha value is -5.39. The Labute approximate surface area is 397 Å². The summed E-state index contributed by atoms with van der Waals surface area (Å²) in [6.45, 7) is 14.1. The molecule has 3 aliphatic heterocycles. The summed E-state index contributed by atoms with van der Waals surface area (Å²) < 4.78 is 14.3. The van der Waals surface area contributed by atoms with E-state index >= 15 is 0 Å². The maximum Gasteiger partial charge on any atom is 0.324 e. The molecule has 3 aromatic heterocycles. The molecule has 4 aliphatic rings. The summed E-state index contributed by atoms with van der Waals surface area (Å²) in [5, 5.41) is 8.15. The van der Waals surface area contributed by atoms with Crippen molar-refractivity contribution in [1.29, 1.82) is 0 Å². The molecular formula is C50H67N9O7S. The number of rotatable bonds is 10. The largest absolute Gasteiger partial charge is 0.464 e. The maximum atomic E-state index is 14.7. The van der Waals surface area contributed by atoms with Gasteiger partial charge < -0.3 is 34.1 Å². The number of benzene rings is 1. The quantitative estimate of drug-likeness (QED) is 0.174. The van der Waals surface area contributed by atoms with Crippen LogP contribution in [0.25, 0.3) is 33.4 Å². The fourth-order valence-corrected chi connectivity index (χ4v) is 11.0. The molecule has 4 aromatic rings. The van der Waals surface area contributed by atoms with Crippen LogP contribution in [0.3, 0.4) is 0 Å². The van der Waals surface area contributed by atoms with Gasteiger partial charge in [0.05, 0.1) is 40.8 Å². The number of nitrogens with zero attached hydrogens (tertiary/aromatic N) is 7. The SMILES string of the molecule is CCn1c(-c2cccnc2[C@H](C)OC)c2c3cc(ccc31)-c1csc(n1)C[C@H](NC(=O)C(C(C)C)N(C)C(=O)N1CC[C@@H](N(C)C(=O)C3CC3)C1)C(=O)N1CCC[C@H](N1)C(=O)OCC(C)(C)C2. The number of likely N-dealkylation sites (tertiary alicyclic amines) is 1. The van der Waals surface area contributed by atoms with Crippen LogP contribution < -0.4 is 10.7 Å². The van der Waals surface area contributed by atoms with E-state index < -0.39 is 41.3 Å². The number of pyridine rings is 1. The van der Waals surface area contributed by atoms with Crippen molar-refractivity contribution in [3.63, 3.8) is 0 Å². The minimum Gasteiger partial charge on any atom is -0.464 e. The van der Waals surface area contributed by atoms with Gasteiger partial charge in [-0.2, -0.15) is 0 Å². The molecule has 1 saturated carbocycles. The van der Waals surface area contributed by atoms with Crippen molar-refractivity contribution in [2.24, 2.45) is 17.3 Å². The Balaban J connectivity index is 1.13. The Morgan fingerprint density at radius 3 is 2.57 bits per heavy atom. The summed E-state index contributed by atoms with van der Waals surface area (Å²) in [5.41, 5.74) is 9.30. The highest BCUT2D eigenvalue weighted by molar-refractivity contribution is 7.10. The molecule has 0 spiro atoms. The van der Waals surface area contributed by atoms with E-state index in [2.05, 4.69) is 60.3 Å². The van der Waals surface area contributed by atoms with E-state index in [0.29, 0.717) is 56.9 Å². The smallest absolute Gasteiger partial charge is 0.324 e. The van der Waals surface area contributed by atoms with Gasteiger partial charge in [-0.05, 0) is 88.1 Å². The maximum absolute atomic E-state index is 14.7. The Morgan fingerprint density at radius 1 is 1.07 bits per heavy atom. The number of carbonyl (C=O) groups is 5. The van der Waals surface area contributed by atoms with Crippen molar-refractivity contribution >= 4 is 52.0 Å². The van der Waals surface area contributed by atoms with Gasteiger partial charge in [0.1, 0.15) is 18.1 Å². The number of nitrogens with one attached hydrogen (secondary N) is 2. The first-order chi connectivity index (χ1) is 32.0. The van der Waals surface area contributed by atoms with Crippen LogP contribution >= 0.6 is 11.3 Å². The molecule has 17 heteroatoms. The van der Waals surface area contributed by atoms with E-state index in [4.69, 9.17) is 19.4 Å². The number of aromatic nitrogens is 3. The van der Waals surface area contributed by atoms with E-state index in [1.807, 2.05) is 39.3 Å². The van der Waals surface area contributed by atoms with E-state index in [-0.39, 0.29) is 48.9 Å². The zero-order chi connectivity index (χ0) is 47.9. The topological polar surface area (TPSA) is 172 Å². The van der Waals surface area contributed by atoms with Crippen LogP contribution in [0.15, 0.2) is 41.9 Å². The van der Waals surface area contributed by atoms with E-state index in [1.165, 1.54) is 21.2 Å². The van der Waals surface area contributed by atoms with Gasteiger partial charge in [-0.3, -0.25) is 29.2 Å². The number of fused-ring (bicyclic) bond motifs is 6. The molecule has 8 rings (SSSR count). The van der Waals surface area contributed by atoms with Gasteiger partial charge in [-0.1, -0.05) is 33.8 Å². The molecule has 5 amide bonds. The number of esters is 1. The molecule has 1 aliphatic carbocycles. The first kappa shape index (κ1) is 48.1. The molecule has 1 aromatic carbocycles. The Morgan fingerprint density at radius 2 is 1.85 bits per heavy atom. The molecule has 16 nitrogen and oxygen atoms in total. The van der Waals surface area contributed by atoms with Gasteiger partial charge in [0, 0.05) is 98.7 Å². The molecule has 67 heavy (non-hydrogen) atoms. The number of cyclic esters (lactones) is 1. The third-order valence-corrected chi connectivity index (χ3v) is 14.9. The Kier molecular flexibility index (Phi) is 14.1. The number of thiazole rings is 1. The zero-order valence-electron chi connectivity index (χ0n) is 40.5. The normalized spacial score (nSPS) is 22.0. The van der Waals surface area contributed by atoms with Gasteiger partial charge in [0.25, 0.3) is 5.91 Å². The molecule has 360 valence electrons. The zero-order valence-corrected chi connectivity index (χ0v) is 41.3. The van der Waals surface area contributed by atoms with Crippen molar-refractivity contribution in [2.45, 2.75) is 123 Å². The van der Waals surface area contributed by atoms with E-state index in [1.54, 1.807) is 30.2 Å². The first-order valence-corrected chi connectivity index (χ1v) is 24.8. The molecule has 2 saturated heterocycles. The molecule has 3 fully saturated rings. The lowest BCUT2D eigenvalue weighted by Gasteiger charge is -2.37. The second-order valence-electron chi connectivity index (χ2n) is 20.0. The number of hydrazine groups is 1. The molecular weight excluding hydrogens is 871 g/mol. The van der Waals surface area contributed by atoms with Crippen molar-refractivity contribution in [1.82, 2.24) is 45.0 Å². The van der Waals surface area contributed by atoms with Crippen molar-refractivity contribution in [2.75, 3.05) is 47.4 Å². The number of aryl methyl sites for hydroxylation is 1. The third-order valence-electron chi connectivity index (χ3n) is 14.0. The van der Waals surface area contributed by atoms with Gasteiger partial charge in [-0.15, -0.1) is 11.3 Å². The number of amides is 5. The van der Waals surface area contributed by atoms with Crippen LogP contribution in [0.4, 0.5) is 4.79 Å². The van der Waals surface area contributed by atoms with Gasteiger partial charge >= 0.3 is 12.0 Å².